The van der Waals surface area contributed by atoms with Crippen LogP contribution in [0.4, 0.5) is 5.69 Å². The maximum atomic E-state index is 13.5. The fraction of sp³-hybridized carbons (Fsp3) is 0.630. The largest absolute Gasteiger partial charge is 0.376 e. The van der Waals surface area contributed by atoms with E-state index in [9.17, 15) is 9.59 Å². The van der Waals surface area contributed by atoms with Crippen molar-refractivity contribution in [3.05, 3.63) is 41.0 Å². The van der Waals surface area contributed by atoms with Gasteiger partial charge >= 0.3 is 0 Å². The minimum atomic E-state index is -0.368. The van der Waals surface area contributed by atoms with Crippen molar-refractivity contribution in [3.8, 4) is 0 Å². The van der Waals surface area contributed by atoms with Crippen molar-refractivity contribution in [2.45, 2.75) is 90.4 Å². The molecule has 1 aliphatic heterocycles. The van der Waals surface area contributed by atoms with Crippen molar-refractivity contribution in [1.82, 2.24) is 19.7 Å². The first-order valence-electron chi connectivity index (χ1n) is 12.9. The van der Waals surface area contributed by atoms with Gasteiger partial charge in [0, 0.05) is 37.7 Å². The number of nitrogens with zero attached hydrogens (tertiary/aromatic N) is 4. The first-order valence-corrected chi connectivity index (χ1v) is 12.9. The average molecular weight is 480 g/mol. The lowest BCUT2D eigenvalue weighted by molar-refractivity contribution is -0.128. The molecule has 2 amide bonds. The highest BCUT2D eigenvalue weighted by molar-refractivity contribution is 5.94. The van der Waals surface area contributed by atoms with Crippen LogP contribution in [0.5, 0.6) is 0 Å². The number of aromatic nitrogens is 3. The average Bonchev–Trinajstić information content (AvgIpc) is 3.35. The molecule has 0 spiro atoms. The Balaban J connectivity index is 1.40. The summed E-state index contributed by atoms with van der Waals surface area (Å²) in [5.74, 6) is 1.62. The second-order valence-corrected chi connectivity index (χ2v) is 10.9. The topological polar surface area (TPSA) is 89.3 Å². The third kappa shape index (κ3) is 4.85. The summed E-state index contributed by atoms with van der Waals surface area (Å²) in [6, 6.07) is 6.41. The van der Waals surface area contributed by atoms with E-state index >= 15 is 0 Å². The van der Waals surface area contributed by atoms with E-state index in [1.165, 1.54) is 0 Å². The van der Waals surface area contributed by atoms with Gasteiger partial charge in [0.1, 0.15) is 11.6 Å². The zero-order chi connectivity index (χ0) is 24.9. The number of ether oxygens (including phenoxy) is 1. The van der Waals surface area contributed by atoms with Crippen LogP contribution in [-0.4, -0.2) is 56.8 Å². The summed E-state index contributed by atoms with van der Waals surface area (Å²) in [5.41, 5.74) is 3.00. The summed E-state index contributed by atoms with van der Waals surface area (Å²) in [4.78, 5) is 27.6. The SMILES string of the molecule is CC(=O)N1C[C@@H](C(=O)Nc2ccc(C)cc2C)[C@H](c2nnc([C@H]3C[C@H](OC(C)C)C3)n2C2CC2)C1. The predicted octanol–water partition coefficient (Wildman–Crippen LogP) is 4.10. The van der Waals surface area contributed by atoms with Crippen LogP contribution in [0.3, 0.4) is 0 Å². The molecular formula is C27H37N5O3. The highest BCUT2D eigenvalue weighted by atomic mass is 16.5. The summed E-state index contributed by atoms with van der Waals surface area (Å²) in [5, 5.41) is 12.4. The maximum Gasteiger partial charge on any atom is 0.230 e. The van der Waals surface area contributed by atoms with Crippen LogP contribution >= 0.6 is 0 Å². The van der Waals surface area contributed by atoms with Gasteiger partial charge in [0.2, 0.25) is 11.8 Å². The van der Waals surface area contributed by atoms with Gasteiger partial charge in [-0.05, 0) is 65.0 Å². The van der Waals surface area contributed by atoms with Gasteiger partial charge in [-0.3, -0.25) is 9.59 Å². The molecule has 3 aliphatic rings. The molecule has 2 saturated carbocycles. The van der Waals surface area contributed by atoms with Gasteiger partial charge in [-0.2, -0.15) is 0 Å². The molecule has 3 fully saturated rings. The standard InChI is InChI=1S/C27H37N5O3/c1-15(2)35-21-11-19(12-21)25-29-30-26(32(25)20-7-8-20)22-13-31(18(5)33)14-23(22)27(34)28-24-9-6-16(3)10-17(24)4/h6,9-10,15,19-23H,7-8,11-14H2,1-5H3,(H,28,34)/t19-,21-,22-,23-/m1/s1. The van der Waals surface area contributed by atoms with Crippen LogP contribution in [0.15, 0.2) is 18.2 Å². The third-order valence-corrected chi connectivity index (χ3v) is 7.66. The van der Waals surface area contributed by atoms with Gasteiger partial charge in [0.15, 0.2) is 0 Å². The number of hydrogen-bond donors (Lipinski definition) is 1. The number of hydrogen-bond acceptors (Lipinski definition) is 5. The van der Waals surface area contributed by atoms with Gasteiger partial charge in [-0.25, -0.2) is 0 Å². The molecule has 0 bridgehead atoms. The van der Waals surface area contributed by atoms with E-state index in [0.29, 0.717) is 25.0 Å². The Bertz CT molecular complexity index is 1120. The van der Waals surface area contributed by atoms with E-state index in [0.717, 1.165) is 54.1 Å². The van der Waals surface area contributed by atoms with E-state index < -0.39 is 0 Å². The molecule has 5 rings (SSSR count). The van der Waals surface area contributed by atoms with Gasteiger partial charge in [-0.15, -0.1) is 10.2 Å². The number of amides is 2. The monoisotopic (exact) mass is 479 g/mol. The van der Waals surface area contributed by atoms with E-state index in [1.807, 2.05) is 26.0 Å². The van der Waals surface area contributed by atoms with Crippen molar-refractivity contribution in [2.24, 2.45) is 5.92 Å². The Kier molecular flexibility index (Phi) is 6.42. The lowest BCUT2D eigenvalue weighted by Gasteiger charge is -2.36. The van der Waals surface area contributed by atoms with E-state index in [-0.39, 0.29) is 35.9 Å². The van der Waals surface area contributed by atoms with Gasteiger partial charge in [-0.1, -0.05) is 17.7 Å². The molecule has 1 aromatic heterocycles. The summed E-state index contributed by atoms with van der Waals surface area (Å²) >= 11 is 0. The number of likely N-dealkylation sites (tertiary alicyclic amines) is 1. The number of carbonyl (C=O) groups excluding carboxylic acids is 2. The van der Waals surface area contributed by atoms with E-state index in [2.05, 4.69) is 40.0 Å². The Morgan fingerprint density at radius 2 is 1.80 bits per heavy atom. The van der Waals surface area contributed by atoms with Gasteiger partial charge in [0.05, 0.1) is 24.0 Å². The minimum absolute atomic E-state index is 0.0119. The fourth-order valence-electron chi connectivity index (χ4n) is 5.59. The molecule has 2 aromatic rings. The second kappa shape index (κ2) is 9.37. The first kappa shape index (κ1) is 24.0. The molecule has 35 heavy (non-hydrogen) atoms. The molecule has 8 heteroatoms. The maximum absolute atomic E-state index is 13.5. The smallest absolute Gasteiger partial charge is 0.230 e. The Labute approximate surface area is 207 Å². The molecule has 2 heterocycles. The van der Waals surface area contributed by atoms with Gasteiger partial charge in [0.25, 0.3) is 0 Å². The summed E-state index contributed by atoms with van der Waals surface area (Å²) in [6.45, 7) is 10.7. The van der Waals surface area contributed by atoms with Crippen LogP contribution in [-0.2, 0) is 14.3 Å². The fourth-order valence-corrected chi connectivity index (χ4v) is 5.59. The zero-order valence-electron chi connectivity index (χ0n) is 21.5. The van der Waals surface area contributed by atoms with Crippen LogP contribution < -0.4 is 5.32 Å². The Hall–Kier alpha value is -2.74. The van der Waals surface area contributed by atoms with E-state index in [4.69, 9.17) is 4.74 Å². The number of benzene rings is 1. The molecule has 188 valence electrons. The molecule has 8 nitrogen and oxygen atoms in total. The van der Waals surface area contributed by atoms with Gasteiger partial charge < -0.3 is 19.5 Å². The van der Waals surface area contributed by atoms with Crippen molar-refractivity contribution in [2.75, 3.05) is 18.4 Å². The summed E-state index contributed by atoms with van der Waals surface area (Å²) in [7, 11) is 0. The number of aryl methyl sites for hydroxylation is 2. The molecule has 0 unspecified atom stereocenters. The second-order valence-electron chi connectivity index (χ2n) is 10.9. The Morgan fingerprint density at radius 3 is 2.43 bits per heavy atom. The number of carbonyl (C=O) groups is 2. The van der Waals surface area contributed by atoms with Crippen LogP contribution in [0, 0.1) is 19.8 Å². The van der Waals surface area contributed by atoms with Crippen LogP contribution in [0.1, 0.15) is 87.1 Å². The van der Waals surface area contributed by atoms with Crippen molar-refractivity contribution < 1.29 is 14.3 Å². The highest BCUT2D eigenvalue weighted by Crippen LogP contribution is 2.46. The number of rotatable bonds is 7. The van der Waals surface area contributed by atoms with E-state index in [1.54, 1.807) is 11.8 Å². The lowest BCUT2D eigenvalue weighted by Crippen LogP contribution is -2.34. The summed E-state index contributed by atoms with van der Waals surface area (Å²) in [6.07, 6.45) is 4.65. The highest BCUT2D eigenvalue weighted by Gasteiger charge is 2.46. The summed E-state index contributed by atoms with van der Waals surface area (Å²) < 4.78 is 8.28. The van der Waals surface area contributed by atoms with Crippen molar-refractivity contribution >= 4 is 17.5 Å². The number of nitrogens with one attached hydrogen (secondary N) is 1. The quantitative estimate of drug-likeness (QED) is 0.646. The molecule has 2 atom stereocenters. The molecule has 1 aromatic carbocycles. The van der Waals surface area contributed by atoms with Crippen molar-refractivity contribution in [1.29, 1.82) is 0 Å². The molecule has 1 N–H and O–H groups in total. The normalized spacial score (nSPS) is 26.2. The molecule has 0 radical (unpaired) electrons. The predicted molar refractivity (Wildman–Crippen MR) is 133 cm³/mol. The molecular weight excluding hydrogens is 442 g/mol. The Morgan fingerprint density at radius 1 is 1.09 bits per heavy atom. The number of anilines is 1. The van der Waals surface area contributed by atoms with Crippen LogP contribution in [0.25, 0.3) is 0 Å². The zero-order valence-corrected chi connectivity index (χ0v) is 21.5. The van der Waals surface area contributed by atoms with Crippen molar-refractivity contribution in [3.63, 3.8) is 0 Å². The third-order valence-electron chi connectivity index (χ3n) is 7.66. The lowest BCUT2D eigenvalue weighted by atomic mass is 9.81. The minimum Gasteiger partial charge on any atom is -0.376 e. The first-order chi connectivity index (χ1) is 16.7. The molecule has 2 aliphatic carbocycles. The molecule has 1 saturated heterocycles. The van der Waals surface area contributed by atoms with Crippen LogP contribution in [0.2, 0.25) is 0 Å².